The molecule has 0 radical (unpaired) electrons. The number of hydrogen-bond acceptors (Lipinski definition) is 0. The molecule has 3 aliphatic carbocycles. The summed E-state index contributed by atoms with van der Waals surface area (Å²) in [6, 6.07) is 0. The quantitative estimate of drug-likeness (QED) is 0.428. The van der Waals surface area contributed by atoms with Gasteiger partial charge in [-0.1, -0.05) is 0 Å². The maximum Gasteiger partial charge on any atom is -1.00 e. The minimum absolute atomic E-state index is 0. The Morgan fingerprint density at radius 1 is 0.846 bits per heavy atom. The van der Waals surface area contributed by atoms with Crippen LogP contribution in [0.4, 0.5) is 0 Å². The Labute approximate surface area is 186 Å². The predicted octanol–water partition coefficient (Wildman–Crippen LogP) is 0.470. The Bertz CT molecular complexity index is 731. The second kappa shape index (κ2) is 8.89. The van der Waals surface area contributed by atoms with E-state index in [1.165, 1.54) is 12.8 Å². The summed E-state index contributed by atoms with van der Waals surface area (Å²) in [5.74, 6) is -0.847. The first-order valence-electron chi connectivity index (χ1n) is 9.38. The van der Waals surface area contributed by atoms with Crippen molar-refractivity contribution in [2.75, 3.05) is 0 Å². The van der Waals surface area contributed by atoms with Crippen molar-refractivity contribution in [3.05, 3.63) is 63.0 Å². The van der Waals surface area contributed by atoms with Crippen molar-refractivity contribution in [2.45, 2.75) is 60.6 Å². The van der Waals surface area contributed by atoms with Crippen LogP contribution in [-0.4, -0.2) is 5.92 Å². The monoisotopic (exact) mass is 572 g/mol. The topological polar surface area (TPSA) is 0 Å². The van der Waals surface area contributed by atoms with Crippen LogP contribution in [-0.2, 0) is 19.4 Å². The molecule has 3 rings (SSSR count). The Morgan fingerprint density at radius 2 is 1.31 bits per heavy atom. The first kappa shape index (κ1) is 24.5. The van der Waals surface area contributed by atoms with Crippen LogP contribution in [0.3, 0.4) is 0 Å². The average molecular weight is 576 g/mol. The zero-order valence-corrected chi connectivity index (χ0v) is 24.0. The molecule has 0 amide bonds. The molecule has 26 heavy (non-hydrogen) atoms. The predicted molar refractivity (Wildman–Crippen MR) is 107 cm³/mol. The number of allylic oxidation sites excluding steroid dienone is 12. The molecule has 0 aromatic heterocycles. The Hall–Kier alpha value is 0.500. The van der Waals surface area contributed by atoms with Gasteiger partial charge >= 0.3 is 154 Å². The third kappa shape index (κ3) is 3.46. The number of rotatable bonds is 4. The molecule has 0 nitrogen and oxygen atoms in total. The molecule has 142 valence electrons. The fraction of sp³-hybridized carbons (Fsp3) is 0.455. The van der Waals surface area contributed by atoms with Crippen molar-refractivity contribution < 1.29 is 53.4 Å². The molecule has 0 spiro atoms. The first-order valence-corrected chi connectivity index (χ1v) is 20.2. The van der Waals surface area contributed by atoms with Crippen LogP contribution in [0.25, 0.3) is 0 Å². The standard InChI is InChI=1S/C10H15.2C5H5.C2H7Si.2BrH.Zr/c1-7-6-10(4,5)9(3)8(7)2;2*1-2-4-5-3-1;1-3-2;;;/h1-5H3;2*1-3H,4H2;3H,1-2H3;2*1H;/q;;;;;;+2/p-2. The van der Waals surface area contributed by atoms with Gasteiger partial charge < -0.3 is 34.0 Å². The van der Waals surface area contributed by atoms with Gasteiger partial charge in [0.05, 0.1) is 0 Å². The van der Waals surface area contributed by atoms with Crippen LogP contribution in [0.15, 0.2) is 63.0 Å². The van der Waals surface area contributed by atoms with E-state index in [4.69, 9.17) is 0 Å². The van der Waals surface area contributed by atoms with E-state index < -0.39 is 25.4 Å². The van der Waals surface area contributed by atoms with Crippen molar-refractivity contribution in [2.24, 2.45) is 5.41 Å². The minimum Gasteiger partial charge on any atom is -1.00 e. The molecule has 0 bridgehead atoms. The van der Waals surface area contributed by atoms with Gasteiger partial charge in [-0.15, -0.1) is 0 Å². The van der Waals surface area contributed by atoms with Gasteiger partial charge in [0.2, 0.25) is 0 Å². The summed E-state index contributed by atoms with van der Waals surface area (Å²) >= 11 is -2.79. The van der Waals surface area contributed by atoms with E-state index in [2.05, 4.69) is 84.2 Å². The van der Waals surface area contributed by atoms with E-state index in [-0.39, 0.29) is 39.4 Å². The van der Waals surface area contributed by atoms with Crippen molar-refractivity contribution in [1.82, 2.24) is 0 Å². The fourth-order valence-electron chi connectivity index (χ4n) is 5.42. The maximum absolute atomic E-state index is 2.79. The van der Waals surface area contributed by atoms with Gasteiger partial charge in [0.15, 0.2) is 0 Å². The second-order valence-corrected chi connectivity index (χ2v) is 32.8. The molecule has 0 atom stereocenters. The van der Waals surface area contributed by atoms with Gasteiger partial charge in [-0.3, -0.25) is 0 Å². The zero-order chi connectivity index (χ0) is 17.7. The third-order valence-electron chi connectivity index (χ3n) is 6.88. The first-order chi connectivity index (χ1) is 11.3. The van der Waals surface area contributed by atoms with Crippen LogP contribution in [0, 0.1) is 5.41 Å². The van der Waals surface area contributed by atoms with Gasteiger partial charge in [-0.05, 0) is 0 Å². The Morgan fingerprint density at radius 3 is 1.58 bits per heavy atom. The zero-order valence-electron chi connectivity index (χ0n) is 17.2. The molecule has 0 heterocycles. The summed E-state index contributed by atoms with van der Waals surface area (Å²) in [7, 11) is 0. The third-order valence-corrected chi connectivity index (χ3v) is 38.7. The van der Waals surface area contributed by atoms with Gasteiger partial charge in [-0.25, -0.2) is 0 Å². The largest absolute Gasteiger partial charge is 1.00 e. The molecular formula is C22H32Br2SiZr. The van der Waals surface area contributed by atoms with Crippen LogP contribution in [0.2, 0.25) is 13.1 Å². The summed E-state index contributed by atoms with van der Waals surface area (Å²) in [4.78, 5) is 0. The van der Waals surface area contributed by atoms with Gasteiger partial charge in [0, 0.05) is 0 Å². The Kier molecular flexibility index (Phi) is 8.39. The molecule has 0 aromatic carbocycles. The number of halogens is 2. The molecule has 0 saturated heterocycles. The number of hydrogen-bond donors (Lipinski definition) is 0. The molecule has 0 fully saturated rings. The summed E-state index contributed by atoms with van der Waals surface area (Å²) in [6.45, 7) is 17.5. The molecule has 4 heteroatoms. The molecule has 0 aliphatic heterocycles. The SMILES string of the molecule is CC1=C(C)C(C)(C)[C]([Zr+2]([C]2=CC=CC2)([C]2=CC=CC2)[SiH](C)C)=C1C.[Br-].[Br-]. The van der Waals surface area contributed by atoms with Gasteiger partial charge in [0.1, 0.15) is 0 Å². The van der Waals surface area contributed by atoms with Crippen molar-refractivity contribution in [3.63, 3.8) is 0 Å². The van der Waals surface area contributed by atoms with Gasteiger partial charge in [-0.2, -0.15) is 0 Å². The van der Waals surface area contributed by atoms with E-state index in [0.29, 0.717) is 0 Å². The van der Waals surface area contributed by atoms with Crippen LogP contribution < -0.4 is 34.0 Å². The van der Waals surface area contributed by atoms with Crippen LogP contribution in [0.5, 0.6) is 0 Å². The van der Waals surface area contributed by atoms with Gasteiger partial charge in [0.25, 0.3) is 0 Å². The van der Waals surface area contributed by atoms with E-state index in [1.807, 2.05) is 9.84 Å². The van der Waals surface area contributed by atoms with E-state index >= 15 is 0 Å². The summed E-state index contributed by atoms with van der Waals surface area (Å²) in [6.07, 6.45) is 16.9. The van der Waals surface area contributed by atoms with Crippen LogP contribution >= 0.6 is 0 Å². The maximum atomic E-state index is 2.65. The smallest absolute Gasteiger partial charge is 1.00 e. The molecular weight excluding hydrogens is 543 g/mol. The average Bonchev–Trinajstić information content (AvgIpc) is 3.24. The van der Waals surface area contributed by atoms with Crippen LogP contribution in [0.1, 0.15) is 47.5 Å². The summed E-state index contributed by atoms with van der Waals surface area (Å²) in [5.41, 5.74) is 5.08. The van der Waals surface area contributed by atoms with E-state index in [0.717, 1.165) is 0 Å². The van der Waals surface area contributed by atoms with E-state index in [9.17, 15) is 0 Å². The molecule has 0 unspecified atom stereocenters. The molecule has 0 saturated carbocycles. The van der Waals surface area contributed by atoms with Crippen molar-refractivity contribution >= 4 is 5.92 Å². The molecule has 0 N–H and O–H groups in total. The Balaban J connectivity index is 0.00000169. The summed E-state index contributed by atoms with van der Waals surface area (Å²) in [5, 5.41) is 0. The normalized spacial score (nSPS) is 20.6. The molecule has 3 aliphatic rings. The second-order valence-electron chi connectivity index (χ2n) is 8.49. The van der Waals surface area contributed by atoms with E-state index in [1.54, 1.807) is 16.7 Å². The fourth-order valence-corrected chi connectivity index (χ4v) is 39.9. The summed E-state index contributed by atoms with van der Waals surface area (Å²) < 4.78 is 5.62. The minimum atomic E-state index is -2.79. The van der Waals surface area contributed by atoms with Crippen molar-refractivity contribution in [1.29, 1.82) is 0 Å². The van der Waals surface area contributed by atoms with Crippen molar-refractivity contribution in [3.8, 4) is 0 Å². The molecule has 0 aromatic rings.